The minimum Gasteiger partial charge on any atom is -0.484 e. The molecule has 0 fully saturated rings. The van der Waals surface area contributed by atoms with Crippen LogP contribution in [-0.2, 0) is 14.8 Å². The third kappa shape index (κ3) is 5.59. The zero-order chi connectivity index (χ0) is 16.9. The highest BCUT2D eigenvalue weighted by atomic mass is 32.2. The lowest BCUT2D eigenvalue weighted by Gasteiger charge is -2.12. The van der Waals surface area contributed by atoms with E-state index < -0.39 is 21.7 Å². The van der Waals surface area contributed by atoms with E-state index in [0.29, 0.717) is 5.75 Å². The number of halogens is 1. The Morgan fingerprint density at radius 2 is 1.83 bits per heavy atom. The summed E-state index contributed by atoms with van der Waals surface area (Å²) >= 11 is 0. The number of ether oxygens (including phenoxy) is 1. The molecule has 0 aromatic heterocycles. The van der Waals surface area contributed by atoms with Gasteiger partial charge in [0.1, 0.15) is 11.6 Å². The van der Waals surface area contributed by atoms with E-state index in [1.165, 1.54) is 6.07 Å². The van der Waals surface area contributed by atoms with Crippen molar-refractivity contribution >= 4 is 27.3 Å². The first kappa shape index (κ1) is 16.8. The molecule has 0 aliphatic heterocycles. The van der Waals surface area contributed by atoms with Gasteiger partial charge in [-0.3, -0.25) is 9.52 Å². The lowest BCUT2D eigenvalue weighted by molar-refractivity contribution is -0.118. The van der Waals surface area contributed by atoms with Crippen LogP contribution in [-0.4, -0.2) is 27.2 Å². The molecule has 0 bridgehead atoms. The third-order valence-electron chi connectivity index (χ3n) is 2.66. The summed E-state index contributed by atoms with van der Waals surface area (Å²) in [5.74, 6) is -0.643. The highest BCUT2D eigenvalue weighted by Gasteiger charge is 2.12. The fraction of sp³-hybridized carbons (Fsp3) is 0.133. The first-order chi connectivity index (χ1) is 10.8. The van der Waals surface area contributed by atoms with Crippen LogP contribution in [0.4, 0.5) is 15.8 Å². The Balaban J connectivity index is 2.06. The molecule has 0 atom stereocenters. The van der Waals surface area contributed by atoms with E-state index in [9.17, 15) is 17.6 Å². The summed E-state index contributed by atoms with van der Waals surface area (Å²) in [6, 6.07) is 12.0. The van der Waals surface area contributed by atoms with Gasteiger partial charge < -0.3 is 10.1 Å². The molecule has 0 heterocycles. The molecule has 0 radical (unpaired) electrons. The van der Waals surface area contributed by atoms with Crippen molar-refractivity contribution in [1.82, 2.24) is 0 Å². The second kappa shape index (κ2) is 7.10. The number of carbonyl (C=O) groups excluding carboxylic acids is 1. The quantitative estimate of drug-likeness (QED) is 0.846. The summed E-state index contributed by atoms with van der Waals surface area (Å²) in [6.45, 7) is -0.293. The summed E-state index contributed by atoms with van der Waals surface area (Å²) in [5.41, 5.74) is 0.0825. The number of nitrogens with one attached hydrogen (secondary N) is 2. The maximum Gasteiger partial charge on any atom is 0.262 e. The zero-order valence-corrected chi connectivity index (χ0v) is 13.1. The number of carbonyl (C=O) groups is 1. The second-order valence-electron chi connectivity index (χ2n) is 4.71. The van der Waals surface area contributed by atoms with E-state index in [1.807, 2.05) is 6.07 Å². The largest absolute Gasteiger partial charge is 0.484 e. The van der Waals surface area contributed by atoms with Crippen molar-refractivity contribution < 1.29 is 22.3 Å². The highest BCUT2D eigenvalue weighted by Crippen LogP contribution is 2.23. The van der Waals surface area contributed by atoms with Crippen molar-refractivity contribution in [1.29, 1.82) is 0 Å². The van der Waals surface area contributed by atoms with Gasteiger partial charge in [0.05, 0.1) is 17.6 Å². The molecule has 0 saturated carbocycles. The molecule has 0 spiro atoms. The second-order valence-corrected chi connectivity index (χ2v) is 6.46. The van der Waals surface area contributed by atoms with Gasteiger partial charge in [-0.1, -0.05) is 18.2 Å². The topological polar surface area (TPSA) is 84.5 Å². The Hall–Kier alpha value is -2.61. The minimum atomic E-state index is -3.56. The fourth-order valence-corrected chi connectivity index (χ4v) is 2.34. The van der Waals surface area contributed by atoms with E-state index in [0.717, 1.165) is 18.4 Å². The molecular weight excluding hydrogens is 323 g/mol. The number of para-hydroxylation sites is 1. The van der Waals surface area contributed by atoms with Gasteiger partial charge in [-0.2, -0.15) is 0 Å². The van der Waals surface area contributed by atoms with Crippen LogP contribution in [0.2, 0.25) is 0 Å². The number of hydrogen-bond donors (Lipinski definition) is 2. The van der Waals surface area contributed by atoms with Crippen molar-refractivity contribution in [2.75, 3.05) is 22.9 Å². The van der Waals surface area contributed by atoms with E-state index in [-0.39, 0.29) is 18.0 Å². The van der Waals surface area contributed by atoms with E-state index in [1.54, 1.807) is 24.3 Å². The molecule has 1 amide bonds. The maximum absolute atomic E-state index is 13.3. The Morgan fingerprint density at radius 3 is 2.48 bits per heavy atom. The number of amides is 1. The molecule has 0 unspecified atom stereocenters. The summed E-state index contributed by atoms with van der Waals surface area (Å²) in [5, 5.41) is 2.41. The number of anilines is 2. The normalized spacial score (nSPS) is 10.9. The Morgan fingerprint density at radius 1 is 1.13 bits per heavy atom. The van der Waals surface area contributed by atoms with Gasteiger partial charge in [0.15, 0.2) is 6.61 Å². The molecule has 8 heteroatoms. The van der Waals surface area contributed by atoms with Gasteiger partial charge in [0.2, 0.25) is 10.0 Å². The first-order valence-electron chi connectivity index (χ1n) is 6.58. The minimum absolute atomic E-state index is 0.0112. The van der Waals surface area contributed by atoms with E-state index >= 15 is 0 Å². The zero-order valence-electron chi connectivity index (χ0n) is 12.2. The van der Waals surface area contributed by atoms with E-state index in [4.69, 9.17) is 4.74 Å². The smallest absolute Gasteiger partial charge is 0.262 e. The van der Waals surface area contributed by atoms with Crippen LogP contribution in [0.25, 0.3) is 0 Å². The average Bonchev–Trinajstić information content (AvgIpc) is 2.48. The van der Waals surface area contributed by atoms with Crippen molar-refractivity contribution in [3.05, 3.63) is 54.3 Å². The van der Waals surface area contributed by atoms with Crippen molar-refractivity contribution in [2.24, 2.45) is 0 Å². The molecule has 2 aromatic carbocycles. The summed E-state index contributed by atoms with van der Waals surface area (Å²) in [6.07, 6.45) is 0.959. The van der Waals surface area contributed by atoms with Crippen LogP contribution in [0.15, 0.2) is 48.5 Å². The Kier molecular flexibility index (Phi) is 5.17. The monoisotopic (exact) mass is 338 g/mol. The molecule has 0 saturated heterocycles. The van der Waals surface area contributed by atoms with Crippen LogP contribution >= 0.6 is 0 Å². The van der Waals surface area contributed by atoms with Gasteiger partial charge in [0.25, 0.3) is 5.91 Å². The average molecular weight is 338 g/mol. The van der Waals surface area contributed by atoms with Crippen LogP contribution in [0.5, 0.6) is 5.75 Å². The fourth-order valence-electron chi connectivity index (χ4n) is 1.76. The van der Waals surface area contributed by atoms with Crippen LogP contribution < -0.4 is 14.8 Å². The molecule has 0 aliphatic rings. The van der Waals surface area contributed by atoms with Crippen LogP contribution in [0.1, 0.15) is 0 Å². The highest BCUT2D eigenvalue weighted by molar-refractivity contribution is 7.92. The molecule has 2 rings (SSSR count). The van der Waals surface area contributed by atoms with Gasteiger partial charge in [-0.05, 0) is 30.3 Å². The van der Waals surface area contributed by atoms with Crippen LogP contribution in [0.3, 0.4) is 0 Å². The SMILES string of the molecule is CS(=O)(=O)Nc1ccc(F)cc1NC(=O)COc1ccccc1. The summed E-state index contributed by atoms with van der Waals surface area (Å²) in [7, 11) is -3.56. The number of sulfonamides is 1. The van der Waals surface area contributed by atoms with Gasteiger partial charge in [-0.15, -0.1) is 0 Å². The van der Waals surface area contributed by atoms with Gasteiger partial charge in [-0.25, -0.2) is 12.8 Å². The number of hydrogen-bond acceptors (Lipinski definition) is 4. The molecule has 2 aromatic rings. The predicted molar refractivity (Wildman–Crippen MR) is 85.4 cm³/mol. The number of rotatable bonds is 6. The lowest BCUT2D eigenvalue weighted by atomic mass is 10.2. The molecule has 23 heavy (non-hydrogen) atoms. The van der Waals surface area contributed by atoms with Crippen LogP contribution in [0, 0.1) is 5.82 Å². The Labute approximate surface area is 133 Å². The summed E-state index contributed by atoms with van der Waals surface area (Å²) < 4.78 is 43.4. The molecule has 0 aliphatic carbocycles. The molecule has 2 N–H and O–H groups in total. The Bertz CT molecular complexity index is 794. The van der Waals surface area contributed by atoms with Gasteiger partial charge >= 0.3 is 0 Å². The van der Waals surface area contributed by atoms with E-state index in [2.05, 4.69) is 10.0 Å². The van der Waals surface area contributed by atoms with Crippen molar-refractivity contribution in [2.45, 2.75) is 0 Å². The standard InChI is InChI=1S/C15H15FN2O4S/c1-23(20,21)18-13-8-7-11(16)9-14(13)17-15(19)10-22-12-5-3-2-4-6-12/h2-9,18H,10H2,1H3,(H,17,19). The molecule has 122 valence electrons. The lowest BCUT2D eigenvalue weighted by Crippen LogP contribution is -2.21. The molecular formula is C15H15FN2O4S. The predicted octanol–water partition coefficient (Wildman–Crippen LogP) is 2.21. The maximum atomic E-state index is 13.3. The van der Waals surface area contributed by atoms with Gasteiger partial charge in [0, 0.05) is 0 Å². The molecule has 6 nitrogen and oxygen atoms in total. The first-order valence-corrected chi connectivity index (χ1v) is 8.48. The third-order valence-corrected chi connectivity index (χ3v) is 3.25. The van der Waals surface area contributed by atoms with Crippen molar-refractivity contribution in [3.8, 4) is 5.75 Å². The van der Waals surface area contributed by atoms with Crippen molar-refractivity contribution in [3.63, 3.8) is 0 Å². The summed E-state index contributed by atoms with van der Waals surface area (Å²) in [4.78, 5) is 11.9. The number of benzene rings is 2.